The number of nitrogens with one attached hydrogen (secondary N) is 2. The van der Waals surface area contributed by atoms with Gasteiger partial charge in [-0.3, -0.25) is 4.79 Å². The van der Waals surface area contributed by atoms with E-state index in [2.05, 4.69) is 64.9 Å². The molecule has 0 bridgehead atoms. The van der Waals surface area contributed by atoms with Crippen LogP contribution >= 0.6 is 0 Å². The molecular formula is C24H27N5O. The normalized spacial score (nSPS) is 15.7. The lowest BCUT2D eigenvalue weighted by atomic mass is 9.92. The van der Waals surface area contributed by atoms with Crippen LogP contribution in [-0.4, -0.2) is 20.7 Å². The Morgan fingerprint density at radius 1 is 1.10 bits per heavy atom. The van der Waals surface area contributed by atoms with Crippen molar-refractivity contribution < 1.29 is 4.79 Å². The molecular weight excluding hydrogens is 374 g/mol. The molecule has 1 atom stereocenters. The number of fused-ring (bicyclic) bond motifs is 1. The first-order chi connectivity index (χ1) is 14.3. The Morgan fingerprint density at radius 3 is 2.50 bits per heavy atom. The van der Waals surface area contributed by atoms with E-state index in [0.29, 0.717) is 17.4 Å². The molecule has 2 heterocycles. The highest BCUT2D eigenvalue weighted by atomic mass is 16.1. The van der Waals surface area contributed by atoms with Crippen molar-refractivity contribution in [3.63, 3.8) is 0 Å². The zero-order chi connectivity index (χ0) is 21.4. The Balaban J connectivity index is 1.74. The second kappa shape index (κ2) is 7.78. The minimum Gasteiger partial charge on any atom is -0.328 e. The molecule has 6 heteroatoms. The number of aromatic nitrogens is 3. The van der Waals surface area contributed by atoms with Crippen LogP contribution < -0.4 is 10.6 Å². The summed E-state index contributed by atoms with van der Waals surface area (Å²) in [5.41, 5.74) is 6.66. The van der Waals surface area contributed by atoms with Gasteiger partial charge in [-0.1, -0.05) is 55.8 Å². The van der Waals surface area contributed by atoms with E-state index in [0.717, 1.165) is 28.1 Å². The quantitative estimate of drug-likeness (QED) is 0.649. The summed E-state index contributed by atoms with van der Waals surface area (Å²) in [7, 11) is 0. The molecule has 0 saturated carbocycles. The molecule has 3 aromatic rings. The average molecular weight is 402 g/mol. The molecule has 0 saturated heterocycles. The van der Waals surface area contributed by atoms with Gasteiger partial charge in [0, 0.05) is 11.4 Å². The van der Waals surface area contributed by atoms with Crippen molar-refractivity contribution in [1.29, 1.82) is 0 Å². The first-order valence-electron chi connectivity index (χ1n) is 10.2. The number of benzene rings is 2. The first-order valence-corrected chi connectivity index (χ1v) is 10.2. The average Bonchev–Trinajstić information content (AvgIpc) is 3.17. The monoisotopic (exact) mass is 401 g/mol. The molecule has 2 aromatic carbocycles. The topological polar surface area (TPSA) is 71.8 Å². The molecule has 1 amide bonds. The molecule has 2 N–H and O–H groups in total. The van der Waals surface area contributed by atoms with Gasteiger partial charge in [0.25, 0.3) is 5.91 Å². The van der Waals surface area contributed by atoms with Crippen LogP contribution in [0.25, 0.3) is 0 Å². The highest BCUT2D eigenvalue weighted by molar-refractivity contribution is 6.06. The molecule has 6 nitrogen and oxygen atoms in total. The summed E-state index contributed by atoms with van der Waals surface area (Å²) in [4.78, 5) is 17.7. The van der Waals surface area contributed by atoms with Crippen LogP contribution in [0, 0.1) is 13.8 Å². The van der Waals surface area contributed by atoms with Gasteiger partial charge in [0.2, 0.25) is 5.95 Å². The molecule has 1 aromatic heterocycles. The van der Waals surface area contributed by atoms with E-state index in [-0.39, 0.29) is 11.9 Å². The van der Waals surface area contributed by atoms with Crippen molar-refractivity contribution in [2.24, 2.45) is 0 Å². The highest BCUT2D eigenvalue weighted by Gasteiger charge is 2.33. The number of hydrogen-bond donors (Lipinski definition) is 2. The summed E-state index contributed by atoms with van der Waals surface area (Å²) < 4.78 is 1.77. The maximum Gasteiger partial charge on any atom is 0.255 e. The fourth-order valence-corrected chi connectivity index (χ4v) is 3.90. The number of hydrogen-bond acceptors (Lipinski definition) is 4. The standard InChI is InChI=1S/C24H27N5O/c1-14(2)18-7-9-19(10-8-18)22-21(17(5)27-24-25-13-26-29(22)24)23(30)28-20-11-6-15(3)12-16(20)4/h6-14,22H,1-5H3,(H,28,30)(H,25,26,27)/t22-/m1/s1. The van der Waals surface area contributed by atoms with Gasteiger partial charge < -0.3 is 10.6 Å². The van der Waals surface area contributed by atoms with E-state index >= 15 is 0 Å². The summed E-state index contributed by atoms with van der Waals surface area (Å²) in [6.07, 6.45) is 1.51. The summed E-state index contributed by atoms with van der Waals surface area (Å²) in [6.45, 7) is 10.3. The molecule has 154 valence electrons. The Hall–Kier alpha value is -3.41. The number of carbonyl (C=O) groups is 1. The second-order valence-corrected chi connectivity index (χ2v) is 8.19. The largest absolute Gasteiger partial charge is 0.328 e. The molecule has 0 fully saturated rings. The minimum atomic E-state index is -0.351. The molecule has 0 aliphatic carbocycles. The summed E-state index contributed by atoms with van der Waals surface area (Å²) in [5, 5.41) is 10.7. The highest BCUT2D eigenvalue weighted by Crippen LogP contribution is 2.35. The van der Waals surface area contributed by atoms with Crippen molar-refractivity contribution in [3.05, 3.63) is 82.3 Å². The lowest BCUT2D eigenvalue weighted by Gasteiger charge is -2.29. The fraction of sp³-hybridized carbons (Fsp3) is 0.292. The smallest absolute Gasteiger partial charge is 0.255 e. The third kappa shape index (κ3) is 3.61. The van der Waals surface area contributed by atoms with E-state index in [9.17, 15) is 4.79 Å². The Bertz CT molecular complexity index is 1120. The summed E-state index contributed by atoms with van der Waals surface area (Å²) in [5.74, 6) is 0.929. The van der Waals surface area contributed by atoms with Crippen LogP contribution in [0.3, 0.4) is 0 Å². The molecule has 0 unspecified atom stereocenters. The maximum absolute atomic E-state index is 13.4. The van der Waals surface area contributed by atoms with Gasteiger partial charge in [0.1, 0.15) is 12.4 Å². The van der Waals surface area contributed by atoms with E-state index in [1.807, 2.05) is 32.9 Å². The van der Waals surface area contributed by atoms with Crippen molar-refractivity contribution in [3.8, 4) is 0 Å². The Labute approximate surface area is 177 Å². The third-order valence-corrected chi connectivity index (χ3v) is 5.59. The number of allylic oxidation sites excluding steroid dienone is 1. The van der Waals surface area contributed by atoms with Crippen LogP contribution in [0.2, 0.25) is 0 Å². The molecule has 0 radical (unpaired) electrons. The lowest BCUT2D eigenvalue weighted by molar-refractivity contribution is -0.113. The first kappa shape index (κ1) is 19.9. The molecule has 30 heavy (non-hydrogen) atoms. The fourth-order valence-electron chi connectivity index (χ4n) is 3.90. The lowest BCUT2D eigenvalue weighted by Crippen LogP contribution is -2.31. The second-order valence-electron chi connectivity index (χ2n) is 8.19. The number of carbonyl (C=O) groups excluding carboxylic acids is 1. The van der Waals surface area contributed by atoms with Gasteiger partial charge in [-0.25, -0.2) is 4.68 Å². The van der Waals surface area contributed by atoms with Crippen molar-refractivity contribution in [2.45, 2.75) is 46.6 Å². The summed E-state index contributed by atoms with van der Waals surface area (Å²) in [6, 6.07) is 14.1. The molecule has 4 rings (SSSR count). The Kier molecular flexibility index (Phi) is 5.16. The van der Waals surface area contributed by atoms with Crippen molar-refractivity contribution in [1.82, 2.24) is 14.8 Å². The minimum absolute atomic E-state index is 0.147. The number of aryl methyl sites for hydroxylation is 2. The zero-order valence-corrected chi connectivity index (χ0v) is 18.0. The number of amides is 1. The van der Waals surface area contributed by atoms with Gasteiger partial charge in [-0.05, 0) is 49.4 Å². The van der Waals surface area contributed by atoms with Gasteiger partial charge >= 0.3 is 0 Å². The van der Waals surface area contributed by atoms with Gasteiger partial charge in [0.05, 0.1) is 5.57 Å². The number of nitrogens with zero attached hydrogens (tertiary/aromatic N) is 3. The van der Waals surface area contributed by atoms with Crippen LogP contribution in [0.15, 0.2) is 60.1 Å². The zero-order valence-electron chi connectivity index (χ0n) is 18.0. The predicted octanol–water partition coefficient (Wildman–Crippen LogP) is 4.95. The van der Waals surface area contributed by atoms with Gasteiger partial charge in [0.15, 0.2) is 0 Å². The van der Waals surface area contributed by atoms with Gasteiger partial charge in [-0.15, -0.1) is 0 Å². The van der Waals surface area contributed by atoms with E-state index in [1.54, 1.807) is 4.68 Å². The van der Waals surface area contributed by atoms with Crippen LogP contribution in [-0.2, 0) is 4.79 Å². The third-order valence-electron chi connectivity index (χ3n) is 5.59. The Morgan fingerprint density at radius 2 is 1.83 bits per heavy atom. The molecule has 1 aliphatic rings. The van der Waals surface area contributed by atoms with Crippen molar-refractivity contribution in [2.75, 3.05) is 10.6 Å². The van der Waals surface area contributed by atoms with E-state index in [1.165, 1.54) is 11.9 Å². The van der Waals surface area contributed by atoms with Crippen LogP contribution in [0.1, 0.15) is 55.0 Å². The summed E-state index contributed by atoms with van der Waals surface area (Å²) >= 11 is 0. The van der Waals surface area contributed by atoms with Gasteiger partial charge in [-0.2, -0.15) is 10.1 Å². The number of rotatable bonds is 4. The van der Waals surface area contributed by atoms with Crippen LogP contribution in [0.5, 0.6) is 0 Å². The SMILES string of the molecule is CC1=C(C(=O)Nc2ccc(C)cc2C)[C@@H](c2ccc(C(C)C)cc2)n2ncnc2N1. The predicted molar refractivity (Wildman–Crippen MR) is 120 cm³/mol. The molecule has 1 aliphatic heterocycles. The molecule has 0 spiro atoms. The number of anilines is 2. The van der Waals surface area contributed by atoms with E-state index < -0.39 is 0 Å². The maximum atomic E-state index is 13.4. The van der Waals surface area contributed by atoms with Crippen molar-refractivity contribution >= 4 is 17.5 Å². The van der Waals surface area contributed by atoms with Crippen LogP contribution in [0.4, 0.5) is 11.6 Å². The van der Waals surface area contributed by atoms with E-state index in [4.69, 9.17) is 0 Å².